The Labute approximate surface area is 144 Å². The Kier molecular flexibility index (Phi) is 6.24. The Morgan fingerprint density at radius 3 is 2.83 bits per heavy atom. The minimum absolute atomic E-state index is 0.0541. The highest BCUT2D eigenvalue weighted by atomic mass is 16.5. The Hall–Kier alpha value is -1.43. The van der Waals surface area contributed by atoms with Crippen LogP contribution < -0.4 is 5.32 Å². The van der Waals surface area contributed by atoms with E-state index in [1.165, 1.54) is 11.1 Å². The maximum Gasteiger partial charge on any atom is 0.234 e. The van der Waals surface area contributed by atoms with Crippen LogP contribution in [-0.4, -0.2) is 54.9 Å². The second-order valence-corrected chi connectivity index (χ2v) is 6.76. The zero-order valence-corrected chi connectivity index (χ0v) is 14.2. The molecule has 1 aliphatic heterocycles. The van der Waals surface area contributed by atoms with E-state index in [1.807, 2.05) is 0 Å². The first-order chi connectivity index (χ1) is 11.8. The number of hydrogen-bond donors (Lipinski definition) is 2. The molecule has 5 heteroatoms. The molecule has 1 fully saturated rings. The standard InChI is InChI=1S/C19H28N2O3/c22-11-10-21(14-19(23)20-16-8-12-24-13-9-16)18-7-3-5-15-4-1-2-6-17(15)18/h1-2,4,6,16,18,22H,3,5,7-14H2,(H,20,23). The summed E-state index contributed by atoms with van der Waals surface area (Å²) in [7, 11) is 0. The number of carbonyl (C=O) groups excluding carboxylic acids is 1. The molecule has 1 aromatic carbocycles. The quantitative estimate of drug-likeness (QED) is 0.832. The minimum atomic E-state index is 0.0541. The van der Waals surface area contributed by atoms with Gasteiger partial charge in [0.2, 0.25) is 5.91 Å². The predicted molar refractivity (Wildman–Crippen MR) is 92.8 cm³/mol. The van der Waals surface area contributed by atoms with Crippen molar-refractivity contribution in [2.45, 2.75) is 44.2 Å². The molecular formula is C19H28N2O3. The van der Waals surface area contributed by atoms with Crippen molar-refractivity contribution in [1.29, 1.82) is 0 Å². The zero-order valence-electron chi connectivity index (χ0n) is 14.2. The average molecular weight is 332 g/mol. The van der Waals surface area contributed by atoms with Gasteiger partial charge in [0.25, 0.3) is 0 Å². The monoisotopic (exact) mass is 332 g/mol. The Balaban J connectivity index is 1.65. The third kappa shape index (κ3) is 4.35. The molecule has 1 atom stereocenters. The average Bonchev–Trinajstić information content (AvgIpc) is 2.62. The van der Waals surface area contributed by atoms with Crippen LogP contribution in [0.3, 0.4) is 0 Å². The Bertz CT molecular complexity index is 543. The molecular weight excluding hydrogens is 304 g/mol. The first-order valence-corrected chi connectivity index (χ1v) is 9.07. The van der Waals surface area contributed by atoms with E-state index in [4.69, 9.17) is 4.74 Å². The SMILES string of the molecule is O=C(CN(CCO)C1CCCc2ccccc21)NC1CCOCC1. The molecule has 0 radical (unpaired) electrons. The molecule has 1 aromatic rings. The third-order valence-electron chi connectivity index (χ3n) is 5.10. The molecule has 2 aliphatic rings. The lowest BCUT2D eigenvalue weighted by atomic mass is 9.86. The van der Waals surface area contributed by atoms with Gasteiger partial charge in [-0.2, -0.15) is 0 Å². The van der Waals surface area contributed by atoms with E-state index < -0.39 is 0 Å². The van der Waals surface area contributed by atoms with Gasteiger partial charge in [-0.3, -0.25) is 9.69 Å². The summed E-state index contributed by atoms with van der Waals surface area (Å²) in [4.78, 5) is 14.6. The summed E-state index contributed by atoms with van der Waals surface area (Å²) in [5, 5.41) is 12.6. The van der Waals surface area contributed by atoms with Crippen molar-refractivity contribution in [2.75, 3.05) is 32.9 Å². The molecule has 1 saturated heterocycles. The molecule has 0 aromatic heterocycles. The van der Waals surface area contributed by atoms with Crippen molar-refractivity contribution in [2.24, 2.45) is 0 Å². The molecule has 1 heterocycles. The fourth-order valence-corrected chi connectivity index (χ4v) is 3.88. The molecule has 0 spiro atoms. The molecule has 1 unspecified atom stereocenters. The van der Waals surface area contributed by atoms with Gasteiger partial charge >= 0.3 is 0 Å². The highest BCUT2D eigenvalue weighted by Crippen LogP contribution is 2.33. The largest absolute Gasteiger partial charge is 0.395 e. The summed E-state index contributed by atoms with van der Waals surface area (Å²) in [6, 6.07) is 8.94. The van der Waals surface area contributed by atoms with Gasteiger partial charge in [-0.15, -0.1) is 0 Å². The second kappa shape index (κ2) is 8.60. The minimum Gasteiger partial charge on any atom is -0.395 e. The molecule has 0 bridgehead atoms. The van der Waals surface area contributed by atoms with Crippen LogP contribution >= 0.6 is 0 Å². The van der Waals surface area contributed by atoms with E-state index in [0.29, 0.717) is 13.1 Å². The van der Waals surface area contributed by atoms with Crippen LogP contribution in [0.5, 0.6) is 0 Å². The van der Waals surface area contributed by atoms with Crippen molar-refractivity contribution >= 4 is 5.91 Å². The van der Waals surface area contributed by atoms with Gasteiger partial charge in [-0.05, 0) is 43.2 Å². The number of aliphatic hydroxyl groups is 1. The fourth-order valence-electron chi connectivity index (χ4n) is 3.88. The summed E-state index contributed by atoms with van der Waals surface area (Å²) in [6.45, 7) is 2.39. The van der Waals surface area contributed by atoms with Gasteiger partial charge in [0.15, 0.2) is 0 Å². The summed E-state index contributed by atoms with van der Waals surface area (Å²) >= 11 is 0. The van der Waals surface area contributed by atoms with E-state index in [2.05, 4.69) is 34.5 Å². The molecule has 132 valence electrons. The van der Waals surface area contributed by atoms with Crippen molar-refractivity contribution in [3.63, 3.8) is 0 Å². The molecule has 1 amide bonds. The highest BCUT2D eigenvalue weighted by molar-refractivity contribution is 5.78. The normalized spacial score (nSPS) is 21.5. The van der Waals surface area contributed by atoms with Crippen LogP contribution in [0.1, 0.15) is 42.9 Å². The first kappa shape index (κ1) is 17.4. The maximum absolute atomic E-state index is 12.5. The van der Waals surface area contributed by atoms with E-state index in [9.17, 15) is 9.90 Å². The van der Waals surface area contributed by atoms with Gasteiger partial charge in [0.05, 0.1) is 13.2 Å². The number of fused-ring (bicyclic) bond motifs is 1. The molecule has 5 nitrogen and oxygen atoms in total. The lowest BCUT2D eigenvalue weighted by Gasteiger charge is -2.35. The highest BCUT2D eigenvalue weighted by Gasteiger charge is 2.27. The zero-order chi connectivity index (χ0) is 16.8. The first-order valence-electron chi connectivity index (χ1n) is 9.07. The summed E-state index contributed by atoms with van der Waals surface area (Å²) < 4.78 is 5.34. The second-order valence-electron chi connectivity index (χ2n) is 6.76. The third-order valence-corrected chi connectivity index (χ3v) is 5.10. The number of hydrogen-bond acceptors (Lipinski definition) is 4. The Morgan fingerprint density at radius 1 is 1.25 bits per heavy atom. The van der Waals surface area contributed by atoms with Gasteiger partial charge in [0, 0.05) is 31.8 Å². The van der Waals surface area contributed by atoms with Crippen LogP contribution in [0.15, 0.2) is 24.3 Å². The van der Waals surface area contributed by atoms with E-state index in [0.717, 1.165) is 45.3 Å². The van der Waals surface area contributed by atoms with Gasteiger partial charge in [-0.1, -0.05) is 24.3 Å². The number of nitrogens with zero attached hydrogens (tertiary/aromatic N) is 1. The maximum atomic E-state index is 12.5. The molecule has 2 N–H and O–H groups in total. The van der Waals surface area contributed by atoms with Crippen molar-refractivity contribution in [3.8, 4) is 0 Å². The number of carbonyl (C=O) groups is 1. The van der Waals surface area contributed by atoms with Crippen molar-refractivity contribution in [1.82, 2.24) is 10.2 Å². The number of ether oxygens (including phenoxy) is 1. The van der Waals surface area contributed by atoms with Crippen LogP contribution in [0.2, 0.25) is 0 Å². The lowest BCUT2D eigenvalue weighted by molar-refractivity contribution is -0.124. The number of aliphatic hydroxyl groups excluding tert-OH is 1. The molecule has 1 aliphatic carbocycles. The number of aryl methyl sites for hydroxylation is 1. The Morgan fingerprint density at radius 2 is 2.04 bits per heavy atom. The van der Waals surface area contributed by atoms with Crippen molar-refractivity contribution < 1.29 is 14.6 Å². The van der Waals surface area contributed by atoms with Gasteiger partial charge < -0.3 is 15.2 Å². The molecule has 24 heavy (non-hydrogen) atoms. The topological polar surface area (TPSA) is 61.8 Å². The van der Waals surface area contributed by atoms with E-state index >= 15 is 0 Å². The van der Waals surface area contributed by atoms with Crippen LogP contribution in [0.25, 0.3) is 0 Å². The summed E-state index contributed by atoms with van der Waals surface area (Å²) in [5.74, 6) is 0.0541. The van der Waals surface area contributed by atoms with E-state index in [-0.39, 0.29) is 24.6 Å². The van der Waals surface area contributed by atoms with Gasteiger partial charge in [-0.25, -0.2) is 0 Å². The number of amides is 1. The van der Waals surface area contributed by atoms with Crippen LogP contribution in [0.4, 0.5) is 0 Å². The van der Waals surface area contributed by atoms with Crippen molar-refractivity contribution in [3.05, 3.63) is 35.4 Å². The van der Waals surface area contributed by atoms with Gasteiger partial charge in [0.1, 0.15) is 0 Å². The smallest absolute Gasteiger partial charge is 0.234 e. The molecule has 3 rings (SSSR count). The van der Waals surface area contributed by atoms with E-state index in [1.54, 1.807) is 0 Å². The molecule has 0 saturated carbocycles. The fraction of sp³-hybridized carbons (Fsp3) is 0.632. The predicted octanol–water partition coefficient (Wildman–Crippen LogP) is 1.65. The van der Waals surface area contributed by atoms with Crippen LogP contribution in [0, 0.1) is 0 Å². The summed E-state index contributed by atoms with van der Waals surface area (Å²) in [5.41, 5.74) is 2.69. The summed E-state index contributed by atoms with van der Waals surface area (Å²) in [6.07, 6.45) is 5.05. The number of benzene rings is 1. The number of nitrogens with one attached hydrogen (secondary N) is 1. The lowest BCUT2D eigenvalue weighted by Crippen LogP contribution is -2.46. The number of rotatable bonds is 6. The van der Waals surface area contributed by atoms with Crippen LogP contribution in [-0.2, 0) is 16.0 Å².